The summed E-state index contributed by atoms with van der Waals surface area (Å²) in [6.45, 7) is 0. The van der Waals surface area contributed by atoms with Crippen LogP contribution in [0.5, 0.6) is 0 Å². The smallest absolute Gasteiger partial charge is 0.153 e. The summed E-state index contributed by atoms with van der Waals surface area (Å²) < 4.78 is 0. The Kier molecular flexibility index (Phi) is 2.02. The summed E-state index contributed by atoms with van der Waals surface area (Å²) in [6.07, 6.45) is 3.35. The van der Waals surface area contributed by atoms with Crippen LogP contribution in [0.15, 0.2) is 30.3 Å². The summed E-state index contributed by atoms with van der Waals surface area (Å²) in [7, 11) is 0. The van der Waals surface area contributed by atoms with Crippen LogP contribution in [0.1, 0.15) is 36.0 Å². The Hall–Kier alpha value is -1.64. The van der Waals surface area contributed by atoms with Crippen molar-refractivity contribution in [1.82, 2.24) is 15.2 Å². The second-order valence-electron chi connectivity index (χ2n) is 4.08. The highest BCUT2D eigenvalue weighted by Crippen LogP contribution is 2.37. The highest BCUT2D eigenvalue weighted by atomic mass is 15.2. The first-order chi connectivity index (χ1) is 7.42. The number of aromatic amines is 1. The minimum absolute atomic E-state index is 0.630. The lowest BCUT2D eigenvalue weighted by molar-refractivity contribution is 0.932. The molecular formula is C12H13N3. The molecule has 15 heavy (non-hydrogen) atoms. The lowest BCUT2D eigenvalue weighted by Crippen LogP contribution is -1.90. The molecule has 0 saturated heterocycles. The molecule has 2 aromatic rings. The SMILES string of the molecule is c1ccc(Cc2nc(C3CC3)n[nH]2)cc1. The summed E-state index contributed by atoms with van der Waals surface area (Å²) in [5.41, 5.74) is 1.27. The second-order valence-corrected chi connectivity index (χ2v) is 4.08. The van der Waals surface area contributed by atoms with E-state index in [4.69, 9.17) is 0 Å². The largest absolute Gasteiger partial charge is 0.263 e. The van der Waals surface area contributed by atoms with Crippen molar-refractivity contribution in [2.45, 2.75) is 25.2 Å². The normalized spacial score (nSPS) is 15.5. The minimum atomic E-state index is 0.630. The summed E-state index contributed by atoms with van der Waals surface area (Å²) in [6, 6.07) is 10.3. The fourth-order valence-electron chi connectivity index (χ4n) is 1.70. The molecule has 3 rings (SSSR count). The standard InChI is InChI=1S/C12H13N3/c1-2-4-9(5-3-1)8-11-13-12(15-14-11)10-6-7-10/h1-5,10H,6-8H2,(H,13,14,15). The van der Waals surface area contributed by atoms with Gasteiger partial charge in [0.1, 0.15) is 5.82 Å². The molecule has 1 heterocycles. The van der Waals surface area contributed by atoms with Gasteiger partial charge >= 0.3 is 0 Å². The minimum Gasteiger partial charge on any atom is -0.263 e. The monoisotopic (exact) mass is 199 g/mol. The fourth-order valence-corrected chi connectivity index (χ4v) is 1.70. The quantitative estimate of drug-likeness (QED) is 0.823. The van der Waals surface area contributed by atoms with Gasteiger partial charge in [-0.3, -0.25) is 5.10 Å². The van der Waals surface area contributed by atoms with Crippen LogP contribution >= 0.6 is 0 Å². The molecule has 76 valence electrons. The molecule has 0 radical (unpaired) electrons. The van der Waals surface area contributed by atoms with E-state index in [0.29, 0.717) is 5.92 Å². The second kappa shape index (κ2) is 3.50. The molecule has 1 N–H and O–H groups in total. The van der Waals surface area contributed by atoms with Gasteiger partial charge in [-0.15, -0.1) is 0 Å². The van der Waals surface area contributed by atoms with E-state index in [9.17, 15) is 0 Å². The van der Waals surface area contributed by atoms with Crippen LogP contribution in [-0.2, 0) is 6.42 Å². The maximum Gasteiger partial charge on any atom is 0.153 e. The molecule has 1 saturated carbocycles. The van der Waals surface area contributed by atoms with Crippen molar-refractivity contribution < 1.29 is 0 Å². The van der Waals surface area contributed by atoms with Crippen LogP contribution in [0.2, 0.25) is 0 Å². The number of aromatic nitrogens is 3. The number of H-pyrrole nitrogens is 1. The third-order valence-corrected chi connectivity index (χ3v) is 2.71. The van der Waals surface area contributed by atoms with Gasteiger partial charge in [0.25, 0.3) is 0 Å². The van der Waals surface area contributed by atoms with Crippen LogP contribution in [0.4, 0.5) is 0 Å². The fraction of sp³-hybridized carbons (Fsp3) is 0.333. The van der Waals surface area contributed by atoms with Crippen LogP contribution in [0.25, 0.3) is 0 Å². The number of nitrogens with zero attached hydrogens (tertiary/aromatic N) is 2. The number of nitrogens with one attached hydrogen (secondary N) is 1. The predicted octanol–water partition coefficient (Wildman–Crippen LogP) is 2.27. The van der Waals surface area contributed by atoms with Gasteiger partial charge in [0.2, 0.25) is 0 Å². The zero-order chi connectivity index (χ0) is 10.1. The van der Waals surface area contributed by atoms with E-state index in [2.05, 4.69) is 27.3 Å². The van der Waals surface area contributed by atoms with Gasteiger partial charge in [-0.1, -0.05) is 30.3 Å². The Bertz CT molecular complexity index is 443. The molecule has 1 aromatic carbocycles. The number of hydrogen-bond donors (Lipinski definition) is 1. The van der Waals surface area contributed by atoms with E-state index in [1.54, 1.807) is 0 Å². The van der Waals surface area contributed by atoms with Crippen molar-refractivity contribution in [3.63, 3.8) is 0 Å². The third-order valence-electron chi connectivity index (χ3n) is 2.71. The molecule has 0 amide bonds. The van der Waals surface area contributed by atoms with E-state index in [0.717, 1.165) is 18.1 Å². The van der Waals surface area contributed by atoms with E-state index < -0.39 is 0 Å². The Morgan fingerprint density at radius 3 is 2.73 bits per heavy atom. The van der Waals surface area contributed by atoms with Crippen molar-refractivity contribution in [2.24, 2.45) is 0 Å². The van der Waals surface area contributed by atoms with Crippen LogP contribution in [0.3, 0.4) is 0 Å². The molecule has 1 aromatic heterocycles. The summed E-state index contributed by atoms with van der Waals surface area (Å²) in [5, 5.41) is 7.25. The van der Waals surface area contributed by atoms with Gasteiger partial charge in [0.05, 0.1) is 0 Å². The molecule has 1 fully saturated rings. The molecule has 0 spiro atoms. The average Bonchev–Trinajstić information content (AvgIpc) is 3.02. The Labute approximate surface area is 88.6 Å². The van der Waals surface area contributed by atoms with Crippen LogP contribution in [0, 0.1) is 0 Å². The Balaban J connectivity index is 1.76. The highest BCUT2D eigenvalue weighted by Gasteiger charge is 2.27. The molecule has 0 unspecified atom stereocenters. The van der Waals surface area contributed by atoms with E-state index in [1.165, 1.54) is 18.4 Å². The molecule has 3 heteroatoms. The molecule has 0 atom stereocenters. The van der Waals surface area contributed by atoms with Crippen LogP contribution < -0.4 is 0 Å². The molecular weight excluding hydrogens is 186 g/mol. The van der Waals surface area contributed by atoms with Crippen molar-refractivity contribution in [1.29, 1.82) is 0 Å². The Morgan fingerprint density at radius 2 is 2.00 bits per heavy atom. The Morgan fingerprint density at radius 1 is 1.20 bits per heavy atom. The molecule has 1 aliphatic rings. The average molecular weight is 199 g/mol. The van der Waals surface area contributed by atoms with Crippen molar-refractivity contribution >= 4 is 0 Å². The zero-order valence-corrected chi connectivity index (χ0v) is 8.48. The number of hydrogen-bond acceptors (Lipinski definition) is 2. The summed E-state index contributed by atoms with van der Waals surface area (Å²) in [4.78, 5) is 4.50. The van der Waals surface area contributed by atoms with Gasteiger partial charge in [0.15, 0.2) is 5.82 Å². The first-order valence-electron chi connectivity index (χ1n) is 5.37. The lowest BCUT2D eigenvalue weighted by Gasteiger charge is -1.95. The van der Waals surface area contributed by atoms with Gasteiger partial charge in [0, 0.05) is 12.3 Å². The molecule has 1 aliphatic carbocycles. The molecule has 0 aliphatic heterocycles. The topological polar surface area (TPSA) is 41.6 Å². The van der Waals surface area contributed by atoms with E-state index in [1.807, 2.05) is 18.2 Å². The maximum atomic E-state index is 4.50. The number of rotatable bonds is 3. The van der Waals surface area contributed by atoms with Crippen molar-refractivity contribution in [2.75, 3.05) is 0 Å². The predicted molar refractivity (Wildman–Crippen MR) is 57.6 cm³/mol. The molecule has 0 bridgehead atoms. The first kappa shape index (κ1) is 8.65. The third kappa shape index (κ3) is 1.91. The highest BCUT2D eigenvalue weighted by molar-refractivity contribution is 5.19. The van der Waals surface area contributed by atoms with Crippen molar-refractivity contribution in [3.8, 4) is 0 Å². The van der Waals surface area contributed by atoms with Gasteiger partial charge < -0.3 is 0 Å². The first-order valence-corrected chi connectivity index (χ1v) is 5.37. The van der Waals surface area contributed by atoms with Gasteiger partial charge in [-0.2, -0.15) is 5.10 Å². The summed E-state index contributed by atoms with van der Waals surface area (Å²) >= 11 is 0. The summed E-state index contributed by atoms with van der Waals surface area (Å²) in [5.74, 6) is 2.61. The van der Waals surface area contributed by atoms with Gasteiger partial charge in [-0.05, 0) is 18.4 Å². The van der Waals surface area contributed by atoms with E-state index in [-0.39, 0.29) is 0 Å². The lowest BCUT2D eigenvalue weighted by atomic mass is 10.1. The maximum absolute atomic E-state index is 4.50. The van der Waals surface area contributed by atoms with E-state index >= 15 is 0 Å². The number of benzene rings is 1. The van der Waals surface area contributed by atoms with Crippen LogP contribution in [-0.4, -0.2) is 15.2 Å². The van der Waals surface area contributed by atoms with Crippen molar-refractivity contribution in [3.05, 3.63) is 47.5 Å². The zero-order valence-electron chi connectivity index (χ0n) is 8.48. The molecule has 3 nitrogen and oxygen atoms in total. The van der Waals surface area contributed by atoms with Gasteiger partial charge in [-0.25, -0.2) is 4.98 Å².